The van der Waals surface area contributed by atoms with Gasteiger partial charge in [0.15, 0.2) is 5.96 Å². The summed E-state index contributed by atoms with van der Waals surface area (Å²) in [6.45, 7) is 8.90. The molecule has 0 fully saturated rings. The van der Waals surface area contributed by atoms with Crippen molar-refractivity contribution in [2.45, 2.75) is 20.0 Å². The van der Waals surface area contributed by atoms with Crippen LogP contribution in [0.25, 0.3) is 0 Å². The first-order valence-electron chi connectivity index (χ1n) is 8.07. The van der Waals surface area contributed by atoms with Gasteiger partial charge in [0.2, 0.25) is 5.91 Å². The summed E-state index contributed by atoms with van der Waals surface area (Å²) in [5.41, 5.74) is 0.971. The minimum atomic E-state index is -0.0949. The molecule has 2 N–H and O–H groups in total. The van der Waals surface area contributed by atoms with Crippen molar-refractivity contribution in [1.82, 2.24) is 15.5 Å². The molecule has 0 aliphatic carbocycles. The fourth-order valence-corrected chi connectivity index (χ4v) is 1.85. The lowest BCUT2D eigenvalue weighted by molar-refractivity contribution is -0.127. The smallest absolute Gasteiger partial charge is 0.243 e. The maximum atomic E-state index is 11.7. The molecule has 8 heteroatoms. The number of ether oxygens (including phenoxy) is 1. The number of aliphatic imine (C=N–C) groups is 1. The van der Waals surface area contributed by atoms with Gasteiger partial charge in [0.25, 0.3) is 0 Å². The first-order valence-corrected chi connectivity index (χ1v) is 8.44. The molecule has 0 saturated heterocycles. The van der Waals surface area contributed by atoms with Gasteiger partial charge in [-0.15, -0.1) is 24.0 Å². The van der Waals surface area contributed by atoms with Crippen LogP contribution in [0.1, 0.15) is 13.8 Å². The fraction of sp³-hybridized carbons (Fsp3) is 0.444. The van der Waals surface area contributed by atoms with Gasteiger partial charge in [0.1, 0.15) is 18.4 Å². The molecule has 6 nitrogen and oxygen atoms in total. The van der Waals surface area contributed by atoms with E-state index in [0.717, 1.165) is 11.3 Å². The molecule has 0 aliphatic rings. The van der Waals surface area contributed by atoms with E-state index in [2.05, 4.69) is 22.2 Å². The first-order chi connectivity index (χ1) is 11.8. The van der Waals surface area contributed by atoms with Crippen molar-refractivity contribution < 1.29 is 9.53 Å². The van der Waals surface area contributed by atoms with Gasteiger partial charge in [0.05, 0.1) is 6.54 Å². The molecule has 146 valence electrons. The molecule has 0 radical (unpaired) electrons. The number of carbonyl (C=O) groups is 1. The van der Waals surface area contributed by atoms with Crippen molar-refractivity contribution in [3.05, 3.63) is 41.4 Å². The van der Waals surface area contributed by atoms with Crippen LogP contribution in [0.5, 0.6) is 5.75 Å². The Morgan fingerprint density at radius 2 is 1.92 bits per heavy atom. The summed E-state index contributed by atoms with van der Waals surface area (Å²) in [5, 5.41) is 6.98. The average Bonchev–Trinajstić information content (AvgIpc) is 2.55. The number of carbonyl (C=O) groups excluding carboxylic acids is 1. The topological polar surface area (TPSA) is 66.0 Å². The van der Waals surface area contributed by atoms with Crippen LogP contribution in [-0.2, 0) is 4.79 Å². The van der Waals surface area contributed by atoms with Crippen molar-refractivity contribution in [3.8, 4) is 5.75 Å². The average molecular weight is 495 g/mol. The monoisotopic (exact) mass is 494 g/mol. The van der Waals surface area contributed by atoms with Gasteiger partial charge < -0.3 is 20.3 Å². The highest BCUT2D eigenvalue weighted by molar-refractivity contribution is 14.0. The lowest BCUT2D eigenvalue weighted by Crippen LogP contribution is -2.43. The maximum absolute atomic E-state index is 11.7. The van der Waals surface area contributed by atoms with Crippen molar-refractivity contribution in [3.63, 3.8) is 0 Å². The minimum Gasteiger partial charge on any atom is -0.489 e. The highest BCUT2D eigenvalue weighted by Gasteiger charge is 2.08. The summed E-state index contributed by atoms with van der Waals surface area (Å²) >= 11 is 5.86. The third kappa shape index (κ3) is 10.5. The van der Waals surface area contributed by atoms with Crippen molar-refractivity contribution >= 4 is 47.4 Å². The predicted molar refractivity (Wildman–Crippen MR) is 119 cm³/mol. The number of likely N-dealkylation sites (N-methyl/N-ethyl adjacent to an activating group) is 1. The van der Waals surface area contributed by atoms with Crippen LogP contribution < -0.4 is 15.4 Å². The van der Waals surface area contributed by atoms with E-state index in [1.807, 2.05) is 26.0 Å². The molecule has 1 atom stereocenters. The normalized spacial score (nSPS) is 11.8. The molecule has 1 unspecified atom stereocenters. The third-order valence-corrected chi connectivity index (χ3v) is 3.39. The van der Waals surface area contributed by atoms with Crippen LogP contribution in [0.3, 0.4) is 0 Å². The molecule has 0 aliphatic heterocycles. The number of rotatable bonds is 8. The Bertz CT molecular complexity index is 606. The number of nitrogens with zero attached hydrogens (tertiary/aromatic N) is 2. The fourth-order valence-electron chi connectivity index (χ4n) is 1.72. The molecule has 0 bridgehead atoms. The van der Waals surface area contributed by atoms with Crippen molar-refractivity contribution in [2.24, 2.45) is 4.99 Å². The first kappa shape index (κ1) is 24.5. The number of benzene rings is 1. The number of guanidine groups is 1. The SMILES string of the molecule is C=C(C)CNC(=NCC(=O)N(C)C)NCC(C)Oc1ccc(Cl)cc1.I. The number of hydrogen-bond donors (Lipinski definition) is 2. The Morgan fingerprint density at radius 1 is 1.31 bits per heavy atom. The predicted octanol–water partition coefficient (Wildman–Crippen LogP) is 2.92. The van der Waals surface area contributed by atoms with Gasteiger partial charge in [-0.1, -0.05) is 23.8 Å². The van der Waals surface area contributed by atoms with Gasteiger partial charge in [-0.3, -0.25) is 4.79 Å². The van der Waals surface area contributed by atoms with Crippen LogP contribution in [0.2, 0.25) is 5.02 Å². The molecule has 26 heavy (non-hydrogen) atoms. The lowest BCUT2D eigenvalue weighted by Gasteiger charge is -2.18. The molecule has 1 aromatic rings. The van der Waals surface area contributed by atoms with E-state index < -0.39 is 0 Å². The summed E-state index contributed by atoms with van der Waals surface area (Å²) in [4.78, 5) is 17.5. The molecule has 1 rings (SSSR count). The van der Waals surface area contributed by atoms with E-state index in [1.165, 1.54) is 4.90 Å². The molecule has 0 saturated carbocycles. The zero-order valence-corrected chi connectivity index (χ0v) is 18.8. The summed E-state index contributed by atoms with van der Waals surface area (Å²) in [5.74, 6) is 1.22. The third-order valence-electron chi connectivity index (χ3n) is 3.14. The number of halogens is 2. The second-order valence-corrected chi connectivity index (χ2v) is 6.46. The molecule has 0 aromatic heterocycles. The molecular weight excluding hydrogens is 467 g/mol. The van der Waals surface area contributed by atoms with Crippen LogP contribution >= 0.6 is 35.6 Å². The summed E-state index contributed by atoms with van der Waals surface area (Å²) in [6.07, 6.45) is -0.0949. The highest BCUT2D eigenvalue weighted by atomic mass is 127. The molecule has 0 spiro atoms. The highest BCUT2D eigenvalue weighted by Crippen LogP contribution is 2.16. The van der Waals surface area contributed by atoms with Crippen LogP contribution in [-0.4, -0.2) is 56.6 Å². The lowest BCUT2D eigenvalue weighted by atomic mass is 10.3. The van der Waals surface area contributed by atoms with E-state index in [0.29, 0.717) is 24.1 Å². The Hall–Kier alpha value is -1.48. The van der Waals surface area contributed by atoms with E-state index in [-0.39, 0.29) is 42.5 Å². The van der Waals surface area contributed by atoms with E-state index in [4.69, 9.17) is 16.3 Å². The number of amides is 1. The minimum absolute atomic E-state index is 0. The van der Waals surface area contributed by atoms with E-state index in [1.54, 1.807) is 26.2 Å². The molecule has 0 heterocycles. The molecular formula is C18H28ClIN4O2. The van der Waals surface area contributed by atoms with Gasteiger partial charge >= 0.3 is 0 Å². The Balaban J connectivity index is 0.00000625. The summed E-state index contributed by atoms with van der Waals surface area (Å²) in [7, 11) is 3.41. The Morgan fingerprint density at radius 3 is 2.46 bits per heavy atom. The van der Waals surface area contributed by atoms with Crippen LogP contribution in [0.15, 0.2) is 41.4 Å². The number of hydrogen-bond acceptors (Lipinski definition) is 3. The standard InChI is InChI=1S/C18H27ClN4O2.HI/c1-13(2)10-20-18(22-12-17(24)23(4)5)21-11-14(3)25-16-8-6-15(19)7-9-16;/h6-9,14H,1,10-12H2,2-5H3,(H2,20,21,22);1H. The van der Waals surface area contributed by atoms with Crippen LogP contribution in [0.4, 0.5) is 0 Å². The second kappa shape index (κ2) is 12.8. The zero-order valence-electron chi connectivity index (χ0n) is 15.7. The van der Waals surface area contributed by atoms with E-state index in [9.17, 15) is 4.79 Å². The molecule has 1 amide bonds. The Labute approximate surface area is 178 Å². The quantitative estimate of drug-likeness (QED) is 0.252. The van der Waals surface area contributed by atoms with Gasteiger partial charge in [0, 0.05) is 25.7 Å². The van der Waals surface area contributed by atoms with E-state index >= 15 is 0 Å². The second-order valence-electron chi connectivity index (χ2n) is 6.03. The Kier molecular flexibility index (Phi) is 12.1. The summed E-state index contributed by atoms with van der Waals surface area (Å²) < 4.78 is 5.81. The van der Waals surface area contributed by atoms with Gasteiger partial charge in [-0.25, -0.2) is 4.99 Å². The van der Waals surface area contributed by atoms with Crippen molar-refractivity contribution in [1.29, 1.82) is 0 Å². The largest absolute Gasteiger partial charge is 0.489 e. The maximum Gasteiger partial charge on any atom is 0.243 e. The van der Waals surface area contributed by atoms with Crippen molar-refractivity contribution in [2.75, 3.05) is 33.7 Å². The van der Waals surface area contributed by atoms with Crippen LogP contribution in [0, 0.1) is 0 Å². The molecule has 1 aromatic carbocycles. The zero-order chi connectivity index (χ0) is 18.8. The van der Waals surface area contributed by atoms with Gasteiger partial charge in [-0.2, -0.15) is 0 Å². The summed E-state index contributed by atoms with van der Waals surface area (Å²) in [6, 6.07) is 7.21. The van der Waals surface area contributed by atoms with Gasteiger partial charge in [-0.05, 0) is 38.1 Å². The number of nitrogens with one attached hydrogen (secondary N) is 2.